The minimum Gasteiger partial charge on any atom is -0.352 e. The van der Waals surface area contributed by atoms with E-state index in [9.17, 15) is 9.59 Å². The normalized spacial score (nSPS) is 15.4. The van der Waals surface area contributed by atoms with Crippen LogP contribution in [0.2, 0.25) is 0 Å². The summed E-state index contributed by atoms with van der Waals surface area (Å²) in [5.74, 6) is 0.0229. The lowest BCUT2D eigenvalue weighted by Crippen LogP contribution is -2.38. The fourth-order valence-corrected chi connectivity index (χ4v) is 6.36. The van der Waals surface area contributed by atoms with Crippen molar-refractivity contribution in [2.24, 2.45) is 0 Å². The summed E-state index contributed by atoms with van der Waals surface area (Å²) in [6.45, 7) is 8.52. The molecular formula is C25H31N3O2S2. The van der Waals surface area contributed by atoms with Gasteiger partial charge in [0.05, 0.1) is 17.2 Å². The number of nitrogens with one attached hydrogen (secondary N) is 1. The maximum atomic E-state index is 13.6. The molecule has 1 amide bonds. The summed E-state index contributed by atoms with van der Waals surface area (Å²) in [5.41, 5.74) is 3.25. The molecule has 0 unspecified atom stereocenters. The van der Waals surface area contributed by atoms with Crippen LogP contribution in [-0.4, -0.2) is 26.8 Å². The highest BCUT2D eigenvalue weighted by atomic mass is 32.2. The lowest BCUT2D eigenvalue weighted by Gasteiger charge is -2.18. The zero-order valence-electron chi connectivity index (χ0n) is 19.2. The van der Waals surface area contributed by atoms with E-state index in [1.165, 1.54) is 35.0 Å². The number of amides is 1. The molecule has 0 radical (unpaired) electrons. The molecule has 32 heavy (non-hydrogen) atoms. The van der Waals surface area contributed by atoms with Crippen LogP contribution < -0.4 is 10.9 Å². The molecule has 1 aromatic carbocycles. The van der Waals surface area contributed by atoms with Crippen molar-refractivity contribution in [3.63, 3.8) is 0 Å². The van der Waals surface area contributed by atoms with Crippen LogP contribution in [0.3, 0.4) is 0 Å². The Morgan fingerprint density at radius 1 is 1.25 bits per heavy atom. The third-order valence-electron chi connectivity index (χ3n) is 6.25. The van der Waals surface area contributed by atoms with E-state index in [-0.39, 0.29) is 22.8 Å². The van der Waals surface area contributed by atoms with Crippen LogP contribution in [0.4, 0.5) is 0 Å². The quantitative estimate of drug-likeness (QED) is 0.380. The Hall–Kier alpha value is -2.12. The second-order valence-corrected chi connectivity index (χ2v) is 11.1. The van der Waals surface area contributed by atoms with Crippen molar-refractivity contribution < 1.29 is 4.79 Å². The third-order valence-corrected chi connectivity index (χ3v) is 8.67. The molecule has 1 aliphatic carbocycles. The van der Waals surface area contributed by atoms with E-state index >= 15 is 0 Å². The number of carbonyl (C=O) groups is 1. The molecule has 0 bridgehead atoms. The van der Waals surface area contributed by atoms with Gasteiger partial charge in [-0.1, -0.05) is 61.4 Å². The van der Waals surface area contributed by atoms with E-state index in [0.29, 0.717) is 17.1 Å². The van der Waals surface area contributed by atoms with Crippen LogP contribution in [0.15, 0.2) is 34.2 Å². The van der Waals surface area contributed by atoms with Gasteiger partial charge in [0.2, 0.25) is 5.91 Å². The van der Waals surface area contributed by atoms with Crippen molar-refractivity contribution in [1.29, 1.82) is 0 Å². The van der Waals surface area contributed by atoms with Gasteiger partial charge in [-0.2, -0.15) is 0 Å². The minimum absolute atomic E-state index is 0.0186. The number of aromatic nitrogens is 2. The summed E-state index contributed by atoms with van der Waals surface area (Å²) in [6.07, 6.45) is 5.35. The van der Waals surface area contributed by atoms with Crippen LogP contribution in [0.25, 0.3) is 10.2 Å². The topological polar surface area (TPSA) is 64.0 Å². The van der Waals surface area contributed by atoms with E-state index < -0.39 is 0 Å². The molecule has 0 aliphatic heterocycles. The maximum absolute atomic E-state index is 13.6. The highest BCUT2D eigenvalue weighted by Gasteiger charge is 2.24. The summed E-state index contributed by atoms with van der Waals surface area (Å²) in [6, 6.07) is 8.50. The van der Waals surface area contributed by atoms with Gasteiger partial charge < -0.3 is 5.32 Å². The van der Waals surface area contributed by atoms with Gasteiger partial charge in [-0.05, 0) is 51.2 Å². The van der Waals surface area contributed by atoms with Crippen molar-refractivity contribution in [2.75, 3.05) is 0 Å². The van der Waals surface area contributed by atoms with Crippen LogP contribution in [0.1, 0.15) is 61.1 Å². The fraction of sp³-hybridized carbons (Fsp3) is 0.480. The lowest BCUT2D eigenvalue weighted by atomic mass is 10.1. The molecule has 1 aliphatic rings. The SMILES string of the molecule is CCc1sc2nc(S[C@@H](C)C(=O)NC3CCCC3)n(Cc3ccc(C)cc3)c(=O)c2c1C. The predicted molar refractivity (Wildman–Crippen MR) is 134 cm³/mol. The van der Waals surface area contributed by atoms with Crippen molar-refractivity contribution in [3.05, 3.63) is 56.2 Å². The van der Waals surface area contributed by atoms with E-state index in [1.54, 1.807) is 15.9 Å². The Balaban J connectivity index is 1.70. The first-order valence-electron chi connectivity index (χ1n) is 11.4. The Labute approximate surface area is 197 Å². The van der Waals surface area contributed by atoms with Gasteiger partial charge in [0.1, 0.15) is 4.83 Å². The van der Waals surface area contributed by atoms with Crippen LogP contribution in [0, 0.1) is 13.8 Å². The molecule has 3 aromatic rings. The number of thioether (sulfide) groups is 1. The molecule has 1 saturated carbocycles. The Bertz CT molecular complexity index is 1170. The highest BCUT2D eigenvalue weighted by Crippen LogP contribution is 2.31. The number of nitrogens with zero attached hydrogens (tertiary/aromatic N) is 2. The van der Waals surface area contributed by atoms with Crippen molar-refractivity contribution in [1.82, 2.24) is 14.9 Å². The fourth-order valence-electron chi connectivity index (χ4n) is 4.29. The number of hydrogen-bond donors (Lipinski definition) is 1. The van der Waals surface area contributed by atoms with Crippen LogP contribution in [-0.2, 0) is 17.8 Å². The molecule has 2 heterocycles. The Kier molecular flexibility index (Phi) is 7.05. The van der Waals surface area contributed by atoms with Gasteiger partial charge in [0.25, 0.3) is 5.56 Å². The lowest BCUT2D eigenvalue weighted by molar-refractivity contribution is -0.120. The molecule has 5 nitrogen and oxygen atoms in total. The predicted octanol–water partition coefficient (Wildman–Crippen LogP) is 5.22. The molecule has 2 aromatic heterocycles. The molecule has 0 spiro atoms. The van der Waals surface area contributed by atoms with Crippen molar-refractivity contribution in [2.45, 2.75) is 82.8 Å². The number of benzene rings is 1. The molecule has 1 atom stereocenters. The number of rotatable bonds is 7. The first-order chi connectivity index (χ1) is 15.4. The number of hydrogen-bond acceptors (Lipinski definition) is 5. The highest BCUT2D eigenvalue weighted by molar-refractivity contribution is 8.00. The second-order valence-electron chi connectivity index (χ2n) is 8.71. The second kappa shape index (κ2) is 9.79. The van der Waals surface area contributed by atoms with Gasteiger partial charge in [0, 0.05) is 10.9 Å². The van der Waals surface area contributed by atoms with E-state index in [2.05, 4.69) is 43.4 Å². The minimum atomic E-state index is -0.323. The summed E-state index contributed by atoms with van der Waals surface area (Å²) in [4.78, 5) is 33.3. The molecule has 170 valence electrons. The molecule has 0 saturated heterocycles. The molecular weight excluding hydrogens is 438 g/mol. The van der Waals surface area contributed by atoms with Crippen molar-refractivity contribution in [3.8, 4) is 0 Å². The number of fused-ring (bicyclic) bond motifs is 1. The van der Waals surface area contributed by atoms with E-state index in [4.69, 9.17) is 4.98 Å². The van der Waals surface area contributed by atoms with E-state index in [0.717, 1.165) is 35.2 Å². The zero-order valence-corrected chi connectivity index (χ0v) is 20.9. The summed E-state index contributed by atoms with van der Waals surface area (Å²) in [5, 5.41) is 4.18. The number of aryl methyl sites for hydroxylation is 3. The molecule has 1 fully saturated rings. The molecule has 1 N–H and O–H groups in total. The van der Waals surface area contributed by atoms with Crippen LogP contribution >= 0.6 is 23.1 Å². The smallest absolute Gasteiger partial charge is 0.263 e. The van der Waals surface area contributed by atoms with Gasteiger partial charge in [-0.25, -0.2) is 4.98 Å². The maximum Gasteiger partial charge on any atom is 0.263 e. The van der Waals surface area contributed by atoms with E-state index in [1.807, 2.05) is 13.8 Å². The van der Waals surface area contributed by atoms with Crippen LogP contribution in [0.5, 0.6) is 0 Å². The average molecular weight is 470 g/mol. The summed E-state index contributed by atoms with van der Waals surface area (Å²) in [7, 11) is 0. The molecule has 7 heteroatoms. The first-order valence-corrected chi connectivity index (χ1v) is 13.1. The average Bonchev–Trinajstić information content (AvgIpc) is 3.39. The first kappa shape index (κ1) is 23.1. The standard InChI is InChI=1S/C25H31N3O2S2/c1-5-20-16(3)21-23(32-20)27-25(31-17(4)22(29)26-19-8-6-7-9-19)28(24(21)30)14-18-12-10-15(2)11-13-18/h10-13,17,19H,5-9,14H2,1-4H3,(H,26,29)/t17-/m0/s1. The molecule has 4 rings (SSSR count). The monoisotopic (exact) mass is 469 g/mol. The largest absolute Gasteiger partial charge is 0.352 e. The zero-order chi connectivity index (χ0) is 22.8. The number of thiophene rings is 1. The number of carbonyl (C=O) groups excluding carboxylic acids is 1. The Morgan fingerprint density at radius 3 is 2.59 bits per heavy atom. The van der Waals surface area contributed by atoms with Gasteiger partial charge >= 0.3 is 0 Å². The van der Waals surface area contributed by atoms with Crippen molar-refractivity contribution >= 4 is 39.2 Å². The summed E-state index contributed by atoms with van der Waals surface area (Å²) >= 11 is 2.97. The Morgan fingerprint density at radius 2 is 1.94 bits per heavy atom. The van der Waals surface area contributed by atoms with Gasteiger partial charge in [-0.3, -0.25) is 14.2 Å². The van der Waals surface area contributed by atoms with Gasteiger partial charge in [-0.15, -0.1) is 11.3 Å². The van der Waals surface area contributed by atoms with Gasteiger partial charge in [0.15, 0.2) is 5.16 Å². The summed E-state index contributed by atoms with van der Waals surface area (Å²) < 4.78 is 1.75. The third kappa shape index (κ3) is 4.79.